The first-order valence-electron chi connectivity index (χ1n) is 14.5. The predicted octanol–water partition coefficient (Wildman–Crippen LogP) is 10.3. The maximum Gasteiger partial charge on any atom is 0.166 e. The molecule has 0 spiro atoms. The Kier molecular flexibility index (Phi) is 10.5. The van der Waals surface area contributed by atoms with Crippen LogP contribution in [0.2, 0.25) is 0 Å². The fourth-order valence-corrected chi connectivity index (χ4v) is 5.72. The van der Waals surface area contributed by atoms with Crippen molar-refractivity contribution in [3.63, 3.8) is 0 Å². The Morgan fingerprint density at radius 2 is 1.37 bits per heavy atom. The fraction of sp³-hybridized carbons (Fsp3) is 0.471. The van der Waals surface area contributed by atoms with Gasteiger partial charge in [0, 0.05) is 24.3 Å². The van der Waals surface area contributed by atoms with E-state index in [1.54, 1.807) is 42.5 Å². The van der Waals surface area contributed by atoms with Crippen LogP contribution < -0.4 is 0 Å². The molecule has 0 heterocycles. The number of hydrogen-bond donors (Lipinski definition) is 0. The van der Waals surface area contributed by atoms with E-state index in [1.807, 2.05) is 19.1 Å². The second-order valence-corrected chi connectivity index (χ2v) is 10.8. The van der Waals surface area contributed by atoms with Gasteiger partial charge in [-0.15, -0.1) is 0 Å². The summed E-state index contributed by atoms with van der Waals surface area (Å²) >= 11 is 0. The number of hydrogen-bond acceptors (Lipinski definition) is 1. The fourth-order valence-electron chi connectivity index (χ4n) is 5.72. The third kappa shape index (κ3) is 7.08. The summed E-state index contributed by atoms with van der Waals surface area (Å²) < 4.78 is 50.4. The maximum atomic E-state index is 15.2. The van der Waals surface area contributed by atoms with Gasteiger partial charge >= 0.3 is 0 Å². The summed E-state index contributed by atoms with van der Waals surface area (Å²) in [5, 5.41) is 0. The quantitative estimate of drug-likeness (QED) is 0.215. The van der Waals surface area contributed by atoms with Crippen molar-refractivity contribution in [1.29, 1.82) is 0 Å². The Morgan fingerprint density at radius 1 is 0.711 bits per heavy atom. The molecule has 0 aliphatic heterocycles. The first-order valence-corrected chi connectivity index (χ1v) is 14.5. The zero-order chi connectivity index (χ0) is 26.9. The number of ether oxygens (including phenoxy) is 1. The lowest BCUT2D eigenvalue weighted by Crippen LogP contribution is -2.18. The summed E-state index contributed by atoms with van der Waals surface area (Å²) in [4.78, 5) is 0. The van der Waals surface area contributed by atoms with E-state index < -0.39 is 11.6 Å². The van der Waals surface area contributed by atoms with Crippen LogP contribution in [0.1, 0.15) is 88.7 Å². The molecule has 0 aromatic heterocycles. The van der Waals surface area contributed by atoms with Crippen LogP contribution in [0.3, 0.4) is 0 Å². The SMILES string of the molecule is CCCCCCCc1ccc(-c2ccc(-c3ccc(C4CCC(COCC)CC4)cc3F)cc2)c(F)c1F. The molecule has 1 nitrogen and oxygen atoms in total. The zero-order valence-electron chi connectivity index (χ0n) is 22.9. The minimum absolute atomic E-state index is 0.236. The molecule has 0 bridgehead atoms. The highest BCUT2D eigenvalue weighted by Gasteiger charge is 2.23. The Bertz CT molecular complexity index is 1160. The van der Waals surface area contributed by atoms with Crippen LogP contribution in [0.15, 0.2) is 54.6 Å². The molecular weight excluding hydrogens is 481 g/mol. The second-order valence-electron chi connectivity index (χ2n) is 10.8. The smallest absolute Gasteiger partial charge is 0.166 e. The number of benzene rings is 3. The summed E-state index contributed by atoms with van der Waals surface area (Å²) in [6, 6.07) is 16.0. The van der Waals surface area contributed by atoms with Crippen LogP contribution in [0.4, 0.5) is 13.2 Å². The van der Waals surface area contributed by atoms with Crippen molar-refractivity contribution in [3.8, 4) is 22.3 Å². The van der Waals surface area contributed by atoms with Crippen LogP contribution in [0, 0.1) is 23.4 Å². The maximum absolute atomic E-state index is 15.2. The van der Waals surface area contributed by atoms with Crippen LogP contribution in [0.5, 0.6) is 0 Å². The zero-order valence-corrected chi connectivity index (χ0v) is 22.9. The molecule has 0 atom stereocenters. The highest BCUT2D eigenvalue weighted by molar-refractivity contribution is 5.71. The van der Waals surface area contributed by atoms with Gasteiger partial charge in [0.1, 0.15) is 5.82 Å². The lowest BCUT2D eigenvalue weighted by atomic mass is 9.78. The topological polar surface area (TPSA) is 9.23 Å². The van der Waals surface area contributed by atoms with Crippen molar-refractivity contribution in [3.05, 3.63) is 83.2 Å². The van der Waals surface area contributed by atoms with E-state index in [0.29, 0.717) is 34.9 Å². The van der Waals surface area contributed by atoms with Crippen molar-refractivity contribution >= 4 is 0 Å². The summed E-state index contributed by atoms with van der Waals surface area (Å²) in [6.07, 6.45) is 10.3. The Balaban J connectivity index is 1.41. The van der Waals surface area contributed by atoms with E-state index in [2.05, 4.69) is 6.92 Å². The van der Waals surface area contributed by atoms with Gasteiger partial charge in [-0.2, -0.15) is 0 Å². The number of unbranched alkanes of at least 4 members (excludes halogenated alkanes) is 4. The first-order chi connectivity index (χ1) is 18.5. The van der Waals surface area contributed by atoms with Gasteiger partial charge in [-0.25, -0.2) is 13.2 Å². The number of rotatable bonds is 12. The van der Waals surface area contributed by atoms with E-state index in [1.165, 1.54) is 6.42 Å². The summed E-state index contributed by atoms with van der Waals surface area (Å²) in [6.45, 7) is 5.76. The molecule has 3 aromatic rings. The molecule has 0 radical (unpaired) electrons. The van der Waals surface area contributed by atoms with Crippen molar-refractivity contribution in [2.24, 2.45) is 5.92 Å². The van der Waals surface area contributed by atoms with Gasteiger partial charge in [-0.1, -0.05) is 81.1 Å². The van der Waals surface area contributed by atoms with Gasteiger partial charge in [-0.3, -0.25) is 0 Å². The minimum atomic E-state index is -0.810. The molecular formula is C34H41F3O. The summed E-state index contributed by atoms with van der Waals surface area (Å²) in [5.74, 6) is -0.812. The Hall–Kier alpha value is -2.59. The van der Waals surface area contributed by atoms with Gasteiger partial charge in [-0.05, 0) is 85.6 Å². The monoisotopic (exact) mass is 522 g/mol. The summed E-state index contributed by atoms with van der Waals surface area (Å²) in [5.41, 5.74) is 3.56. The Labute approximate surface area is 226 Å². The van der Waals surface area contributed by atoms with Gasteiger partial charge in [0.2, 0.25) is 0 Å². The van der Waals surface area contributed by atoms with E-state index in [0.717, 1.165) is 75.7 Å². The molecule has 1 aliphatic carbocycles. The van der Waals surface area contributed by atoms with Gasteiger partial charge in [0.25, 0.3) is 0 Å². The molecule has 4 heteroatoms. The molecule has 0 N–H and O–H groups in total. The largest absolute Gasteiger partial charge is 0.381 e. The molecule has 0 saturated heterocycles. The second kappa shape index (κ2) is 14.0. The Morgan fingerprint density at radius 3 is 2.03 bits per heavy atom. The molecule has 38 heavy (non-hydrogen) atoms. The van der Waals surface area contributed by atoms with Gasteiger partial charge in [0.15, 0.2) is 11.6 Å². The molecule has 0 amide bonds. The van der Waals surface area contributed by atoms with E-state index in [4.69, 9.17) is 4.74 Å². The number of halogens is 3. The molecule has 4 rings (SSSR count). The lowest BCUT2D eigenvalue weighted by molar-refractivity contribution is 0.0920. The van der Waals surface area contributed by atoms with Crippen molar-refractivity contribution < 1.29 is 17.9 Å². The standard InChI is InChI=1S/C34H41F3O/c1-3-5-6-7-8-9-28-18-21-31(34(37)33(28)36)27-16-14-26(15-17-27)30-20-19-29(22-32(30)35)25-12-10-24(11-13-25)23-38-4-2/h14-22,24-25H,3-13,23H2,1-2H3. The summed E-state index contributed by atoms with van der Waals surface area (Å²) in [7, 11) is 0. The molecule has 0 unspecified atom stereocenters. The van der Waals surface area contributed by atoms with E-state index in [-0.39, 0.29) is 11.4 Å². The van der Waals surface area contributed by atoms with Gasteiger partial charge in [0.05, 0.1) is 0 Å². The highest BCUT2D eigenvalue weighted by Crippen LogP contribution is 2.38. The number of aryl methyl sites for hydroxylation is 1. The first kappa shape index (κ1) is 28.4. The van der Waals surface area contributed by atoms with Crippen molar-refractivity contribution in [2.45, 2.75) is 84.0 Å². The third-order valence-corrected chi connectivity index (χ3v) is 8.09. The van der Waals surface area contributed by atoms with Crippen LogP contribution in [-0.4, -0.2) is 13.2 Å². The molecule has 204 valence electrons. The average molecular weight is 523 g/mol. The molecule has 1 fully saturated rings. The minimum Gasteiger partial charge on any atom is -0.381 e. The van der Waals surface area contributed by atoms with Crippen molar-refractivity contribution in [1.82, 2.24) is 0 Å². The van der Waals surface area contributed by atoms with E-state index in [9.17, 15) is 8.78 Å². The lowest BCUT2D eigenvalue weighted by Gasteiger charge is -2.28. The van der Waals surface area contributed by atoms with Crippen LogP contribution in [-0.2, 0) is 11.2 Å². The van der Waals surface area contributed by atoms with Crippen LogP contribution >= 0.6 is 0 Å². The molecule has 1 saturated carbocycles. The van der Waals surface area contributed by atoms with Crippen molar-refractivity contribution in [2.75, 3.05) is 13.2 Å². The van der Waals surface area contributed by atoms with Gasteiger partial charge < -0.3 is 4.74 Å². The molecule has 1 aliphatic rings. The highest BCUT2D eigenvalue weighted by atomic mass is 19.2. The average Bonchev–Trinajstić information content (AvgIpc) is 2.94. The predicted molar refractivity (Wildman–Crippen MR) is 151 cm³/mol. The third-order valence-electron chi connectivity index (χ3n) is 8.09. The van der Waals surface area contributed by atoms with E-state index >= 15 is 4.39 Å². The normalized spacial score (nSPS) is 17.6. The molecule has 3 aromatic carbocycles. The van der Waals surface area contributed by atoms with Crippen LogP contribution in [0.25, 0.3) is 22.3 Å².